The SMILES string of the molecule is Cc1ccc(/C=C/c2ccc(/C=C/c3ccc(OC(C)(C)C)cc3)cc2Br)cc1. The minimum absolute atomic E-state index is 0.181. The summed E-state index contributed by atoms with van der Waals surface area (Å²) in [7, 11) is 0. The van der Waals surface area contributed by atoms with Crippen LogP contribution in [0.25, 0.3) is 24.3 Å². The van der Waals surface area contributed by atoms with Crippen LogP contribution < -0.4 is 4.74 Å². The summed E-state index contributed by atoms with van der Waals surface area (Å²) in [6.07, 6.45) is 8.51. The van der Waals surface area contributed by atoms with Crippen molar-refractivity contribution in [3.8, 4) is 5.75 Å². The van der Waals surface area contributed by atoms with Gasteiger partial charge in [-0.2, -0.15) is 0 Å². The average Bonchev–Trinajstić information content (AvgIpc) is 2.67. The average molecular weight is 447 g/mol. The number of rotatable bonds is 5. The molecule has 3 aromatic rings. The summed E-state index contributed by atoms with van der Waals surface area (Å²) in [5.41, 5.74) is 5.75. The van der Waals surface area contributed by atoms with Crippen LogP contribution >= 0.6 is 15.9 Å². The number of hydrogen-bond donors (Lipinski definition) is 0. The van der Waals surface area contributed by atoms with Crippen molar-refractivity contribution in [3.63, 3.8) is 0 Å². The maximum absolute atomic E-state index is 5.87. The van der Waals surface area contributed by atoms with E-state index in [1.165, 1.54) is 11.1 Å². The molecule has 148 valence electrons. The fraction of sp³-hybridized carbons (Fsp3) is 0.185. The molecule has 3 aromatic carbocycles. The number of hydrogen-bond acceptors (Lipinski definition) is 1. The van der Waals surface area contributed by atoms with Gasteiger partial charge in [-0.25, -0.2) is 0 Å². The summed E-state index contributed by atoms with van der Waals surface area (Å²) in [5.74, 6) is 0.891. The second-order valence-corrected chi connectivity index (χ2v) is 9.00. The van der Waals surface area contributed by atoms with Gasteiger partial charge >= 0.3 is 0 Å². The van der Waals surface area contributed by atoms with Gasteiger partial charge in [-0.3, -0.25) is 0 Å². The monoisotopic (exact) mass is 446 g/mol. The zero-order valence-electron chi connectivity index (χ0n) is 17.4. The van der Waals surface area contributed by atoms with Gasteiger partial charge in [0, 0.05) is 4.47 Å². The number of halogens is 1. The van der Waals surface area contributed by atoms with Crippen LogP contribution in [0.4, 0.5) is 0 Å². The summed E-state index contributed by atoms with van der Waals surface area (Å²) < 4.78 is 6.95. The molecule has 0 unspecified atom stereocenters. The number of aryl methyl sites for hydroxylation is 1. The van der Waals surface area contributed by atoms with E-state index in [9.17, 15) is 0 Å². The van der Waals surface area contributed by atoms with E-state index in [0.717, 1.165) is 26.9 Å². The van der Waals surface area contributed by atoms with Crippen molar-refractivity contribution in [2.24, 2.45) is 0 Å². The molecule has 29 heavy (non-hydrogen) atoms. The van der Waals surface area contributed by atoms with Crippen LogP contribution in [0.3, 0.4) is 0 Å². The van der Waals surface area contributed by atoms with Gasteiger partial charge < -0.3 is 4.74 Å². The predicted octanol–water partition coefficient (Wildman–Crippen LogP) is 8.28. The van der Waals surface area contributed by atoms with Gasteiger partial charge in [0.15, 0.2) is 0 Å². The number of benzene rings is 3. The van der Waals surface area contributed by atoms with Crippen molar-refractivity contribution in [1.29, 1.82) is 0 Å². The second kappa shape index (κ2) is 9.28. The molecule has 0 heterocycles. The van der Waals surface area contributed by atoms with Gasteiger partial charge in [0.1, 0.15) is 11.4 Å². The first-order valence-corrected chi connectivity index (χ1v) is 10.6. The van der Waals surface area contributed by atoms with Gasteiger partial charge in [-0.1, -0.05) is 94.3 Å². The first-order valence-electron chi connectivity index (χ1n) is 9.80. The molecular weight excluding hydrogens is 420 g/mol. The minimum atomic E-state index is -0.181. The highest BCUT2D eigenvalue weighted by molar-refractivity contribution is 9.10. The lowest BCUT2D eigenvalue weighted by molar-refractivity contribution is 0.131. The molecule has 0 aliphatic rings. The summed E-state index contributed by atoms with van der Waals surface area (Å²) in [6.45, 7) is 8.26. The predicted molar refractivity (Wildman–Crippen MR) is 130 cm³/mol. The van der Waals surface area contributed by atoms with Crippen LogP contribution in [0, 0.1) is 6.92 Å². The van der Waals surface area contributed by atoms with Crippen LogP contribution in [0.2, 0.25) is 0 Å². The Labute approximate surface area is 182 Å². The van der Waals surface area contributed by atoms with Crippen molar-refractivity contribution < 1.29 is 4.74 Å². The molecule has 0 spiro atoms. The Balaban J connectivity index is 1.67. The zero-order valence-corrected chi connectivity index (χ0v) is 19.0. The van der Waals surface area contributed by atoms with Crippen LogP contribution in [-0.2, 0) is 0 Å². The van der Waals surface area contributed by atoms with Gasteiger partial charge in [-0.05, 0) is 68.1 Å². The molecule has 0 amide bonds. The Morgan fingerprint density at radius 3 is 1.79 bits per heavy atom. The van der Waals surface area contributed by atoms with Crippen LogP contribution in [0.15, 0.2) is 71.2 Å². The van der Waals surface area contributed by atoms with Crippen molar-refractivity contribution in [2.75, 3.05) is 0 Å². The van der Waals surface area contributed by atoms with E-state index in [-0.39, 0.29) is 5.60 Å². The second-order valence-electron chi connectivity index (χ2n) is 8.14. The van der Waals surface area contributed by atoms with Gasteiger partial charge in [-0.15, -0.1) is 0 Å². The Bertz CT molecular complexity index is 1000. The number of ether oxygens (including phenoxy) is 1. The van der Waals surface area contributed by atoms with Crippen molar-refractivity contribution in [2.45, 2.75) is 33.3 Å². The minimum Gasteiger partial charge on any atom is -0.488 e. The zero-order chi connectivity index (χ0) is 20.9. The quantitative estimate of drug-likeness (QED) is 0.358. The Kier molecular flexibility index (Phi) is 6.76. The van der Waals surface area contributed by atoms with Crippen LogP contribution in [0.1, 0.15) is 48.6 Å². The largest absolute Gasteiger partial charge is 0.488 e. The smallest absolute Gasteiger partial charge is 0.120 e. The standard InChI is InChI=1S/C27H27BrO/c1-20-5-7-21(8-6-20)11-15-24-16-12-23(19-26(24)28)10-9-22-13-17-25(18-14-22)29-27(2,3)4/h5-19H,1-4H3/b10-9+,15-11+. The molecule has 3 rings (SSSR count). The molecule has 0 bridgehead atoms. The van der Waals surface area contributed by atoms with Gasteiger partial charge in [0.25, 0.3) is 0 Å². The normalized spacial score (nSPS) is 12.0. The molecule has 0 saturated heterocycles. The van der Waals surface area contributed by atoms with Gasteiger partial charge in [0.05, 0.1) is 0 Å². The molecule has 0 atom stereocenters. The fourth-order valence-corrected chi connectivity index (χ4v) is 3.37. The third kappa shape index (κ3) is 6.76. The van der Waals surface area contributed by atoms with E-state index in [1.807, 2.05) is 12.1 Å². The molecule has 0 aromatic heterocycles. The van der Waals surface area contributed by atoms with E-state index in [0.29, 0.717) is 0 Å². The maximum atomic E-state index is 5.87. The van der Waals surface area contributed by atoms with E-state index in [2.05, 4.69) is 123 Å². The summed E-state index contributed by atoms with van der Waals surface area (Å²) in [6, 6.07) is 23.1. The summed E-state index contributed by atoms with van der Waals surface area (Å²) in [4.78, 5) is 0. The highest BCUT2D eigenvalue weighted by Crippen LogP contribution is 2.23. The molecule has 0 aliphatic carbocycles. The molecule has 2 heteroatoms. The molecule has 0 N–H and O–H groups in total. The van der Waals surface area contributed by atoms with Crippen molar-refractivity contribution in [1.82, 2.24) is 0 Å². The lowest BCUT2D eigenvalue weighted by Crippen LogP contribution is -2.22. The first-order chi connectivity index (χ1) is 13.8. The van der Waals surface area contributed by atoms with Crippen LogP contribution in [-0.4, -0.2) is 5.60 Å². The fourth-order valence-electron chi connectivity index (χ4n) is 2.84. The molecule has 0 aliphatic heterocycles. The van der Waals surface area contributed by atoms with E-state index in [4.69, 9.17) is 4.74 Å². The molecular formula is C27H27BrO. The topological polar surface area (TPSA) is 9.23 Å². The Morgan fingerprint density at radius 1 is 0.690 bits per heavy atom. The lowest BCUT2D eigenvalue weighted by Gasteiger charge is -2.21. The third-order valence-electron chi connectivity index (χ3n) is 4.33. The molecule has 1 nitrogen and oxygen atoms in total. The van der Waals surface area contributed by atoms with Crippen molar-refractivity contribution >= 4 is 40.2 Å². The highest BCUT2D eigenvalue weighted by Gasteiger charge is 2.11. The summed E-state index contributed by atoms with van der Waals surface area (Å²) >= 11 is 3.69. The molecule has 0 fully saturated rings. The van der Waals surface area contributed by atoms with E-state index in [1.54, 1.807) is 0 Å². The van der Waals surface area contributed by atoms with Crippen molar-refractivity contribution in [3.05, 3.63) is 99.0 Å². The highest BCUT2D eigenvalue weighted by atomic mass is 79.9. The molecule has 0 radical (unpaired) electrons. The Morgan fingerprint density at radius 2 is 1.21 bits per heavy atom. The lowest BCUT2D eigenvalue weighted by atomic mass is 10.1. The van der Waals surface area contributed by atoms with E-state index >= 15 is 0 Å². The Hall–Kier alpha value is -2.58. The van der Waals surface area contributed by atoms with E-state index < -0.39 is 0 Å². The van der Waals surface area contributed by atoms with Gasteiger partial charge in [0.2, 0.25) is 0 Å². The molecule has 0 saturated carbocycles. The third-order valence-corrected chi connectivity index (χ3v) is 5.02. The summed E-state index contributed by atoms with van der Waals surface area (Å²) in [5, 5.41) is 0. The van der Waals surface area contributed by atoms with Crippen LogP contribution in [0.5, 0.6) is 5.75 Å². The maximum Gasteiger partial charge on any atom is 0.120 e. The first kappa shape index (κ1) is 21.1.